The van der Waals surface area contributed by atoms with Gasteiger partial charge in [-0.25, -0.2) is 10.2 Å². The molecular formula is C26H26N2O5. The zero-order valence-electron chi connectivity index (χ0n) is 18.8. The summed E-state index contributed by atoms with van der Waals surface area (Å²) < 4.78 is 15.9. The van der Waals surface area contributed by atoms with Crippen molar-refractivity contribution in [1.82, 2.24) is 5.43 Å². The van der Waals surface area contributed by atoms with Crippen molar-refractivity contribution in [3.8, 4) is 11.5 Å². The Kier molecular flexibility index (Phi) is 7.81. The third-order valence-corrected chi connectivity index (χ3v) is 4.50. The smallest absolute Gasteiger partial charge is 0.336 e. The number of hydrogen-bond acceptors (Lipinski definition) is 6. The summed E-state index contributed by atoms with van der Waals surface area (Å²) in [4.78, 5) is 23.9. The number of hydrazone groups is 1. The van der Waals surface area contributed by atoms with Crippen molar-refractivity contribution in [2.75, 3.05) is 6.61 Å². The minimum atomic E-state index is -0.540. The first-order chi connectivity index (χ1) is 15.8. The van der Waals surface area contributed by atoms with Gasteiger partial charge < -0.3 is 13.9 Å². The van der Waals surface area contributed by atoms with Crippen molar-refractivity contribution in [2.24, 2.45) is 5.10 Å². The second kappa shape index (κ2) is 10.9. The SMILES string of the molecule is CC(C)(C)c1ccc(OCC(=O)N/N=C/c2cccc(OC(=O)/C=C/c3ccco3)c2)cc1. The third-order valence-electron chi connectivity index (χ3n) is 4.50. The molecule has 3 aromatic rings. The number of nitrogens with one attached hydrogen (secondary N) is 1. The van der Waals surface area contributed by atoms with Gasteiger partial charge in [-0.05, 0) is 59.0 Å². The van der Waals surface area contributed by atoms with E-state index in [1.54, 1.807) is 36.4 Å². The summed E-state index contributed by atoms with van der Waals surface area (Å²) in [7, 11) is 0. The number of hydrogen-bond donors (Lipinski definition) is 1. The van der Waals surface area contributed by atoms with Crippen LogP contribution in [-0.2, 0) is 15.0 Å². The largest absolute Gasteiger partial charge is 0.484 e. The lowest BCUT2D eigenvalue weighted by molar-refractivity contribution is -0.129. The maximum Gasteiger partial charge on any atom is 0.336 e. The number of furan rings is 1. The molecule has 1 aromatic heterocycles. The zero-order chi connectivity index (χ0) is 23.7. The normalized spacial score (nSPS) is 11.6. The summed E-state index contributed by atoms with van der Waals surface area (Å²) in [5.74, 6) is 0.576. The van der Waals surface area contributed by atoms with Gasteiger partial charge in [-0.2, -0.15) is 5.10 Å². The second-order valence-corrected chi connectivity index (χ2v) is 8.20. The first-order valence-electron chi connectivity index (χ1n) is 10.4. The van der Waals surface area contributed by atoms with Crippen LogP contribution in [0.5, 0.6) is 11.5 Å². The van der Waals surface area contributed by atoms with Gasteiger partial charge in [-0.1, -0.05) is 45.0 Å². The topological polar surface area (TPSA) is 90.1 Å². The summed E-state index contributed by atoms with van der Waals surface area (Å²) in [6, 6.07) is 17.9. The molecule has 0 saturated heterocycles. The molecule has 0 atom stereocenters. The van der Waals surface area contributed by atoms with Gasteiger partial charge in [-0.15, -0.1) is 0 Å². The van der Waals surface area contributed by atoms with Crippen LogP contribution in [0.15, 0.2) is 82.5 Å². The van der Waals surface area contributed by atoms with E-state index in [2.05, 4.69) is 31.3 Å². The fraction of sp³-hybridized carbons (Fsp3) is 0.192. The molecule has 0 aliphatic heterocycles. The van der Waals surface area contributed by atoms with E-state index in [9.17, 15) is 9.59 Å². The molecule has 0 saturated carbocycles. The first kappa shape index (κ1) is 23.5. The van der Waals surface area contributed by atoms with Gasteiger partial charge >= 0.3 is 5.97 Å². The van der Waals surface area contributed by atoms with Crippen LogP contribution in [0, 0.1) is 0 Å². The molecule has 3 rings (SSSR count). The third kappa shape index (κ3) is 7.81. The van der Waals surface area contributed by atoms with Gasteiger partial charge in [0.05, 0.1) is 12.5 Å². The van der Waals surface area contributed by atoms with Crippen LogP contribution < -0.4 is 14.9 Å². The van der Waals surface area contributed by atoms with Gasteiger partial charge in [0.15, 0.2) is 6.61 Å². The van der Waals surface area contributed by atoms with Crippen molar-refractivity contribution in [1.29, 1.82) is 0 Å². The minimum absolute atomic E-state index is 0.0525. The highest BCUT2D eigenvalue weighted by molar-refractivity contribution is 5.89. The molecule has 0 bridgehead atoms. The van der Waals surface area contributed by atoms with Gasteiger partial charge in [0, 0.05) is 6.08 Å². The van der Waals surface area contributed by atoms with Gasteiger partial charge in [-0.3, -0.25) is 4.79 Å². The van der Waals surface area contributed by atoms with Crippen LogP contribution in [-0.4, -0.2) is 24.7 Å². The second-order valence-electron chi connectivity index (χ2n) is 8.20. The van der Waals surface area contributed by atoms with Crippen molar-refractivity contribution in [2.45, 2.75) is 26.2 Å². The molecule has 1 heterocycles. The number of carbonyl (C=O) groups excluding carboxylic acids is 2. The number of ether oxygens (including phenoxy) is 2. The first-order valence-corrected chi connectivity index (χ1v) is 10.4. The summed E-state index contributed by atoms with van der Waals surface area (Å²) in [5, 5.41) is 3.92. The quantitative estimate of drug-likeness (QED) is 0.178. The highest BCUT2D eigenvalue weighted by Crippen LogP contribution is 2.24. The Morgan fingerprint density at radius 2 is 1.82 bits per heavy atom. The van der Waals surface area contributed by atoms with E-state index in [-0.39, 0.29) is 12.0 Å². The average molecular weight is 447 g/mol. The number of benzene rings is 2. The number of amides is 1. The molecule has 0 fully saturated rings. The van der Waals surface area contributed by atoms with E-state index >= 15 is 0 Å². The lowest BCUT2D eigenvalue weighted by Crippen LogP contribution is -2.24. The predicted octanol–water partition coefficient (Wildman–Crippen LogP) is 4.73. The molecule has 170 valence electrons. The van der Waals surface area contributed by atoms with Gasteiger partial charge in [0.25, 0.3) is 5.91 Å². The molecular weight excluding hydrogens is 420 g/mol. The Morgan fingerprint density at radius 1 is 1.03 bits per heavy atom. The molecule has 1 amide bonds. The molecule has 0 aliphatic rings. The Labute approximate surface area is 192 Å². The van der Waals surface area contributed by atoms with Crippen molar-refractivity contribution >= 4 is 24.2 Å². The fourth-order valence-corrected chi connectivity index (χ4v) is 2.76. The maximum atomic E-state index is 12.0. The summed E-state index contributed by atoms with van der Waals surface area (Å²) in [6.07, 6.45) is 5.76. The highest BCUT2D eigenvalue weighted by atomic mass is 16.5. The van der Waals surface area contributed by atoms with Crippen LogP contribution >= 0.6 is 0 Å². The number of nitrogens with zero attached hydrogens (tertiary/aromatic N) is 1. The molecule has 0 unspecified atom stereocenters. The molecule has 33 heavy (non-hydrogen) atoms. The number of esters is 1. The van der Waals surface area contributed by atoms with Crippen LogP contribution in [0.25, 0.3) is 6.08 Å². The monoisotopic (exact) mass is 446 g/mol. The Balaban J connectivity index is 1.45. The summed E-state index contributed by atoms with van der Waals surface area (Å²) in [6.45, 7) is 6.24. The van der Waals surface area contributed by atoms with Crippen LogP contribution in [0.2, 0.25) is 0 Å². The Morgan fingerprint density at radius 3 is 2.52 bits per heavy atom. The number of carbonyl (C=O) groups is 2. The lowest BCUT2D eigenvalue weighted by Gasteiger charge is -2.19. The maximum absolute atomic E-state index is 12.0. The van der Waals surface area contributed by atoms with E-state index in [1.807, 2.05) is 24.3 Å². The van der Waals surface area contributed by atoms with E-state index in [4.69, 9.17) is 13.9 Å². The molecule has 7 heteroatoms. The molecule has 1 N–H and O–H groups in total. The summed E-state index contributed by atoms with van der Waals surface area (Å²) in [5.41, 5.74) is 4.29. The molecule has 2 aromatic carbocycles. The lowest BCUT2D eigenvalue weighted by atomic mass is 9.87. The zero-order valence-corrected chi connectivity index (χ0v) is 18.8. The van der Waals surface area contributed by atoms with E-state index in [0.29, 0.717) is 22.8 Å². The van der Waals surface area contributed by atoms with Crippen LogP contribution in [0.3, 0.4) is 0 Å². The van der Waals surface area contributed by atoms with Crippen molar-refractivity contribution in [3.05, 3.63) is 89.9 Å². The summed E-state index contributed by atoms with van der Waals surface area (Å²) >= 11 is 0. The number of rotatable bonds is 8. The predicted molar refractivity (Wildman–Crippen MR) is 126 cm³/mol. The Bertz CT molecular complexity index is 1120. The van der Waals surface area contributed by atoms with Crippen molar-refractivity contribution in [3.63, 3.8) is 0 Å². The molecule has 0 spiro atoms. The van der Waals surface area contributed by atoms with Gasteiger partial charge in [0.2, 0.25) is 0 Å². The van der Waals surface area contributed by atoms with E-state index in [1.165, 1.54) is 30.2 Å². The average Bonchev–Trinajstić information content (AvgIpc) is 3.30. The Hall–Kier alpha value is -4.13. The molecule has 7 nitrogen and oxygen atoms in total. The standard InChI is InChI=1S/C26H26N2O5/c1-26(2,3)20-9-11-22(12-10-20)32-18-24(29)28-27-17-19-6-4-7-23(16-19)33-25(30)14-13-21-8-5-15-31-21/h4-17H,18H2,1-3H3,(H,28,29)/b14-13+,27-17+. The van der Waals surface area contributed by atoms with E-state index < -0.39 is 11.9 Å². The highest BCUT2D eigenvalue weighted by Gasteiger charge is 2.13. The van der Waals surface area contributed by atoms with Crippen LogP contribution in [0.4, 0.5) is 0 Å². The van der Waals surface area contributed by atoms with Crippen molar-refractivity contribution < 1.29 is 23.5 Å². The van der Waals surface area contributed by atoms with E-state index in [0.717, 1.165) is 0 Å². The van der Waals surface area contributed by atoms with Gasteiger partial charge in [0.1, 0.15) is 17.3 Å². The van der Waals surface area contributed by atoms with Crippen LogP contribution in [0.1, 0.15) is 37.7 Å². The fourth-order valence-electron chi connectivity index (χ4n) is 2.76. The molecule has 0 radical (unpaired) electrons. The minimum Gasteiger partial charge on any atom is -0.484 e. The molecule has 0 aliphatic carbocycles.